The molecule has 1 fully saturated rings. The van der Waals surface area contributed by atoms with Crippen molar-refractivity contribution in [1.29, 1.82) is 0 Å². The maximum atomic E-state index is 11.9. The summed E-state index contributed by atoms with van der Waals surface area (Å²) in [6.45, 7) is 4.68. The van der Waals surface area contributed by atoms with Gasteiger partial charge in [0, 0.05) is 12.1 Å². The van der Waals surface area contributed by atoms with Crippen LogP contribution in [0.1, 0.15) is 25.5 Å². The van der Waals surface area contributed by atoms with Gasteiger partial charge >= 0.3 is 0 Å². The number of carbonyl (C=O) groups excluding carboxylic acids is 1. The van der Waals surface area contributed by atoms with Gasteiger partial charge in [-0.05, 0) is 31.5 Å². The standard InChI is InChI=1S/C12H16N2O2/c1-12(2)7-13-10(11(16)14-12)8-3-5-9(15)6-4-8/h3-6,10,13,15H,7H2,1-2H3,(H,14,16). The van der Waals surface area contributed by atoms with Crippen molar-refractivity contribution in [2.24, 2.45) is 0 Å². The summed E-state index contributed by atoms with van der Waals surface area (Å²) < 4.78 is 0. The monoisotopic (exact) mass is 220 g/mol. The highest BCUT2D eigenvalue weighted by molar-refractivity contribution is 5.84. The minimum atomic E-state index is -0.325. The van der Waals surface area contributed by atoms with Crippen LogP contribution in [0.5, 0.6) is 5.75 Å². The van der Waals surface area contributed by atoms with Crippen LogP contribution < -0.4 is 10.6 Å². The van der Waals surface area contributed by atoms with Crippen LogP contribution in [-0.2, 0) is 4.79 Å². The van der Waals surface area contributed by atoms with Crippen LogP contribution in [0.2, 0.25) is 0 Å². The van der Waals surface area contributed by atoms with E-state index in [4.69, 9.17) is 0 Å². The molecule has 0 radical (unpaired) electrons. The molecule has 1 amide bonds. The van der Waals surface area contributed by atoms with Gasteiger partial charge in [-0.15, -0.1) is 0 Å². The second-order valence-corrected chi connectivity index (χ2v) is 4.78. The van der Waals surface area contributed by atoms with E-state index in [1.165, 1.54) is 0 Å². The number of phenols is 1. The van der Waals surface area contributed by atoms with E-state index in [0.717, 1.165) is 12.1 Å². The summed E-state index contributed by atoms with van der Waals surface area (Å²) in [7, 11) is 0. The first-order valence-electron chi connectivity index (χ1n) is 5.32. The van der Waals surface area contributed by atoms with Crippen LogP contribution in [0.25, 0.3) is 0 Å². The van der Waals surface area contributed by atoms with E-state index < -0.39 is 0 Å². The summed E-state index contributed by atoms with van der Waals surface area (Å²) in [5, 5.41) is 15.3. The van der Waals surface area contributed by atoms with Crippen LogP contribution in [0.4, 0.5) is 0 Å². The molecule has 0 aliphatic carbocycles. The predicted octanol–water partition coefficient (Wildman–Crippen LogP) is 0.931. The summed E-state index contributed by atoms with van der Waals surface area (Å²) in [4.78, 5) is 11.9. The third-order valence-electron chi connectivity index (χ3n) is 2.70. The number of hydrogen-bond acceptors (Lipinski definition) is 3. The van der Waals surface area contributed by atoms with E-state index in [1.807, 2.05) is 13.8 Å². The fourth-order valence-electron chi connectivity index (χ4n) is 1.84. The molecule has 1 saturated heterocycles. The number of benzene rings is 1. The van der Waals surface area contributed by atoms with Gasteiger partial charge in [-0.2, -0.15) is 0 Å². The van der Waals surface area contributed by atoms with E-state index in [1.54, 1.807) is 24.3 Å². The topological polar surface area (TPSA) is 61.4 Å². The lowest BCUT2D eigenvalue weighted by Crippen LogP contribution is -2.59. The van der Waals surface area contributed by atoms with Gasteiger partial charge in [0.05, 0.1) is 0 Å². The van der Waals surface area contributed by atoms with E-state index in [9.17, 15) is 9.90 Å². The first-order valence-corrected chi connectivity index (χ1v) is 5.32. The van der Waals surface area contributed by atoms with Crippen molar-refractivity contribution in [2.75, 3.05) is 6.54 Å². The fraction of sp³-hybridized carbons (Fsp3) is 0.417. The number of piperazine rings is 1. The van der Waals surface area contributed by atoms with E-state index in [2.05, 4.69) is 10.6 Å². The Morgan fingerprint density at radius 2 is 1.94 bits per heavy atom. The number of nitrogens with one attached hydrogen (secondary N) is 2. The van der Waals surface area contributed by atoms with Crippen LogP contribution in [0.3, 0.4) is 0 Å². The molecule has 1 aliphatic heterocycles. The van der Waals surface area contributed by atoms with Gasteiger partial charge in [-0.3, -0.25) is 10.1 Å². The van der Waals surface area contributed by atoms with Crippen molar-refractivity contribution in [3.63, 3.8) is 0 Å². The smallest absolute Gasteiger partial charge is 0.242 e. The largest absolute Gasteiger partial charge is 0.508 e. The molecule has 1 atom stereocenters. The molecule has 86 valence electrons. The zero-order valence-corrected chi connectivity index (χ0v) is 9.45. The molecule has 4 nitrogen and oxygen atoms in total. The zero-order valence-electron chi connectivity index (χ0n) is 9.45. The summed E-state index contributed by atoms with van der Waals surface area (Å²) in [6.07, 6.45) is 0. The quantitative estimate of drug-likeness (QED) is 0.660. The normalized spacial score (nSPS) is 23.9. The fourth-order valence-corrected chi connectivity index (χ4v) is 1.84. The van der Waals surface area contributed by atoms with Crippen molar-refractivity contribution in [3.8, 4) is 5.75 Å². The molecule has 0 aromatic heterocycles. The first kappa shape index (κ1) is 11.0. The minimum absolute atomic E-state index is 0.0260. The molecule has 1 unspecified atom stereocenters. The highest BCUT2D eigenvalue weighted by Crippen LogP contribution is 2.21. The number of phenolic OH excluding ortho intramolecular Hbond substituents is 1. The molecule has 4 heteroatoms. The Morgan fingerprint density at radius 3 is 2.50 bits per heavy atom. The molecule has 3 N–H and O–H groups in total. The molecule has 2 rings (SSSR count). The number of hydrogen-bond donors (Lipinski definition) is 3. The van der Waals surface area contributed by atoms with Crippen LogP contribution >= 0.6 is 0 Å². The summed E-state index contributed by atoms with van der Waals surface area (Å²) in [5.74, 6) is 0.183. The Balaban J connectivity index is 2.17. The zero-order chi connectivity index (χ0) is 11.8. The van der Waals surface area contributed by atoms with Gasteiger partial charge in [-0.25, -0.2) is 0 Å². The average molecular weight is 220 g/mol. The van der Waals surface area contributed by atoms with Crippen molar-refractivity contribution in [2.45, 2.75) is 25.4 Å². The van der Waals surface area contributed by atoms with E-state index in [0.29, 0.717) is 0 Å². The second kappa shape index (κ2) is 3.79. The lowest BCUT2D eigenvalue weighted by Gasteiger charge is -2.36. The van der Waals surface area contributed by atoms with Gasteiger partial charge in [0.25, 0.3) is 0 Å². The second-order valence-electron chi connectivity index (χ2n) is 4.78. The summed E-state index contributed by atoms with van der Waals surface area (Å²) in [5.41, 5.74) is 0.663. The Hall–Kier alpha value is -1.55. The van der Waals surface area contributed by atoms with Crippen molar-refractivity contribution >= 4 is 5.91 Å². The Kier molecular flexibility index (Phi) is 2.59. The third kappa shape index (κ3) is 2.17. The number of aromatic hydroxyl groups is 1. The number of carbonyl (C=O) groups is 1. The molecule has 1 aromatic rings. The Bertz CT molecular complexity index is 398. The van der Waals surface area contributed by atoms with Gasteiger partial charge in [0.2, 0.25) is 5.91 Å². The Labute approximate surface area is 94.7 Å². The summed E-state index contributed by atoms with van der Waals surface area (Å²) in [6, 6.07) is 6.36. The van der Waals surface area contributed by atoms with Crippen molar-refractivity contribution < 1.29 is 9.90 Å². The molecule has 0 bridgehead atoms. The highest BCUT2D eigenvalue weighted by Gasteiger charge is 2.32. The first-order chi connectivity index (χ1) is 7.48. The lowest BCUT2D eigenvalue weighted by atomic mass is 9.96. The predicted molar refractivity (Wildman–Crippen MR) is 61.1 cm³/mol. The third-order valence-corrected chi connectivity index (χ3v) is 2.70. The average Bonchev–Trinajstić information content (AvgIpc) is 2.19. The lowest BCUT2D eigenvalue weighted by molar-refractivity contribution is -0.126. The van der Waals surface area contributed by atoms with Crippen molar-refractivity contribution in [3.05, 3.63) is 29.8 Å². The maximum absolute atomic E-state index is 11.9. The highest BCUT2D eigenvalue weighted by atomic mass is 16.3. The molecule has 1 heterocycles. The van der Waals surface area contributed by atoms with Crippen LogP contribution in [0.15, 0.2) is 24.3 Å². The molecule has 0 spiro atoms. The number of amides is 1. The molecule has 1 aliphatic rings. The van der Waals surface area contributed by atoms with Gasteiger partial charge in [0.1, 0.15) is 11.8 Å². The maximum Gasteiger partial charge on any atom is 0.242 e. The molecular formula is C12H16N2O2. The van der Waals surface area contributed by atoms with Crippen molar-refractivity contribution in [1.82, 2.24) is 10.6 Å². The summed E-state index contributed by atoms with van der Waals surface area (Å²) >= 11 is 0. The van der Waals surface area contributed by atoms with Gasteiger partial charge < -0.3 is 10.4 Å². The van der Waals surface area contributed by atoms with E-state index in [-0.39, 0.29) is 23.2 Å². The van der Waals surface area contributed by atoms with Gasteiger partial charge in [0.15, 0.2) is 0 Å². The molecule has 0 saturated carbocycles. The molecule has 16 heavy (non-hydrogen) atoms. The van der Waals surface area contributed by atoms with Crippen LogP contribution in [0, 0.1) is 0 Å². The minimum Gasteiger partial charge on any atom is -0.508 e. The Morgan fingerprint density at radius 1 is 1.31 bits per heavy atom. The molecule has 1 aromatic carbocycles. The van der Waals surface area contributed by atoms with Crippen LogP contribution in [-0.4, -0.2) is 23.1 Å². The molecular weight excluding hydrogens is 204 g/mol. The van der Waals surface area contributed by atoms with E-state index >= 15 is 0 Å². The SMILES string of the molecule is CC1(C)CNC(c2ccc(O)cc2)C(=O)N1. The number of rotatable bonds is 1. The van der Waals surface area contributed by atoms with Gasteiger partial charge in [-0.1, -0.05) is 12.1 Å².